The van der Waals surface area contributed by atoms with E-state index in [0.29, 0.717) is 24.9 Å². The molecular weight excluding hydrogens is 350 g/mol. The summed E-state index contributed by atoms with van der Waals surface area (Å²) in [5.74, 6) is 1.56. The Morgan fingerprint density at radius 1 is 1.12 bits per heavy atom. The summed E-state index contributed by atoms with van der Waals surface area (Å²) < 4.78 is 0. The number of aromatic amines is 1. The maximum Gasteiger partial charge on any atom is 0.225 e. The number of hydrogen-bond donors (Lipinski definition) is 4. The monoisotopic (exact) mass is 373 g/mol. The molecule has 0 amide bonds. The van der Waals surface area contributed by atoms with Crippen LogP contribution in [-0.2, 0) is 6.54 Å². The summed E-state index contributed by atoms with van der Waals surface area (Å²) >= 11 is 5.95. The Bertz CT molecular complexity index is 858. The molecule has 1 aromatic carbocycles. The summed E-state index contributed by atoms with van der Waals surface area (Å²) in [5, 5.41) is 14.8. The molecule has 0 bridgehead atoms. The highest BCUT2D eigenvalue weighted by Crippen LogP contribution is 2.27. The second-order valence-electron chi connectivity index (χ2n) is 6.43. The molecule has 2 aromatic heterocycles. The van der Waals surface area contributed by atoms with E-state index in [1.54, 1.807) is 0 Å². The number of nitrogens with one attached hydrogen (secondary N) is 3. The van der Waals surface area contributed by atoms with Crippen molar-refractivity contribution in [2.24, 2.45) is 5.73 Å². The van der Waals surface area contributed by atoms with Crippen molar-refractivity contribution < 1.29 is 0 Å². The van der Waals surface area contributed by atoms with Gasteiger partial charge in [-0.25, -0.2) is 4.98 Å². The van der Waals surface area contributed by atoms with Crippen LogP contribution in [0.3, 0.4) is 0 Å². The van der Waals surface area contributed by atoms with Crippen molar-refractivity contribution in [3.05, 3.63) is 40.5 Å². The van der Waals surface area contributed by atoms with Crippen LogP contribution in [0.5, 0.6) is 0 Å². The third-order valence-corrected chi connectivity index (χ3v) is 4.29. The lowest BCUT2D eigenvalue weighted by Gasteiger charge is -2.10. The van der Waals surface area contributed by atoms with Gasteiger partial charge in [0, 0.05) is 18.1 Å². The molecule has 0 radical (unpaired) electrons. The van der Waals surface area contributed by atoms with E-state index >= 15 is 0 Å². The van der Waals surface area contributed by atoms with E-state index in [2.05, 4.69) is 44.6 Å². The van der Waals surface area contributed by atoms with Crippen LogP contribution >= 0.6 is 11.6 Å². The molecule has 0 saturated heterocycles. The Morgan fingerprint density at radius 3 is 2.58 bits per heavy atom. The Hall–Kier alpha value is -2.38. The maximum atomic E-state index is 5.95. The molecule has 0 fully saturated rings. The normalized spacial score (nSPS) is 11.3. The number of H-pyrrole nitrogens is 1. The van der Waals surface area contributed by atoms with Gasteiger partial charge in [0.15, 0.2) is 11.3 Å². The summed E-state index contributed by atoms with van der Waals surface area (Å²) in [6, 6.07) is 7.72. The summed E-state index contributed by atoms with van der Waals surface area (Å²) in [6.45, 7) is 6.19. The van der Waals surface area contributed by atoms with Crippen LogP contribution in [0.1, 0.15) is 37.4 Å². The molecule has 0 saturated carbocycles. The van der Waals surface area contributed by atoms with E-state index in [4.69, 9.17) is 17.3 Å². The molecule has 8 heteroatoms. The van der Waals surface area contributed by atoms with E-state index in [1.165, 1.54) is 0 Å². The molecule has 138 valence electrons. The first-order chi connectivity index (χ1) is 12.6. The second-order valence-corrected chi connectivity index (χ2v) is 6.87. The molecule has 0 aliphatic rings. The molecule has 0 spiro atoms. The van der Waals surface area contributed by atoms with Crippen molar-refractivity contribution in [2.45, 2.75) is 32.7 Å². The number of fused-ring (bicyclic) bond motifs is 1. The van der Waals surface area contributed by atoms with E-state index in [1.807, 2.05) is 24.3 Å². The maximum absolute atomic E-state index is 5.95. The standard InChI is InChI=1S/C18H24ClN7/c1-11(2)14-15-16(26-25-14)17(24-18(23-15)21-9-3-8-20)22-10-12-4-6-13(19)7-5-12/h4-7,11H,3,8-10,20H2,1-2H3,(H,25,26)(H2,21,22,23,24). The quantitative estimate of drug-likeness (QED) is 0.450. The minimum absolute atomic E-state index is 0.288. The molecule has 3 aromatic rings. The van der Waals surface area contributed by atoms with Gasteiger partial charge in [-0.1, -0.05) is 37.6 Å². The van der Waals surface area contributed by atoms with Crippen molar-refractivity contribution in [3.63, 3.8) is 0 Å². The predicted octanol–water partition coefficient (Wildman–Crippen LogP) is 3.50. The van der Waals surface area contributed by atoms with E-state index < -0.39 is 0 Å². The number of aromatic nitrogens is 4. The van der Waals surface area contributed by atoms with Crippen LogP contribution in [-0.4, -0.2) is 33.3 Å². The zero-order valence-electron chi connectivity index (χ0n) is 15.0. The first kappa shape index (κ1) is 18.4. The molecular formula is C18H24ClN7. The molecule has 0 unspecified atom stereocenters. The van der Waals surface area contributed by atoms with Crippen molar-refractivity contribution in [1.82, 2.24) is 20.2 Å². The van der Waals surface area contributed by atoms with Gasteiger partial charge in [-0.15, -0.1) is 0 Å². The highest BCUT2D eigenvalue weighted by Gasteiger charge is 2.16. The van der Waals surface area contributed by atoms with Gasteiger partial charge in [0.25, 0.3) is 0 Å². The molecule has 26 heavy (non-hydrogen) atoms. The van der Waals surface area contributed by atoms with Gasteiger partial charge in [-0.2, -0.15) is 10.1 Å². The van der Waals surface area contributed by atoms with Crippen LogP contribution in [0.15, 0.2) is 24.3 Å². The SMILES string of the molecule is CC(C)c1[nH]nc2c(NCc3ccc(Cl)cc3)nc(NCCCN)nc12. The lowest BCUT2D eigenvalue weighted by molar-refractivity contribution is 0.815. The highest BCUT2D eigenvalue weighted by atomic mass is 35.5. The molecule has 7 nitrogen and oxygen atoms in total. The number of anilines is 2. The van der Waals surface area contributed by atoms with Crippen molar-refractivity contribution in [3.8, 4) is 0 Å². The zero-order chi connectivity index (χ0) is 18.5. The fourth-order valence-corrected chi connectivity index (χ4v) is 2.74. The smallest absolute Gasteiger partial charge is 0.225 e. The van der Waals surface area contributed by atoms with Crippen molar-refractivity contribution >= 4 is 34.4 Å². The summed E-state index contributed by atoms with van der Waals surface area (Å²) in [5.41, 5.74) is 9.25. The Balaban J connectivity index is 1.89. The van der Waals surface area contributed by atoms with Crippen LogP contribution in [0.25, 0.3) is 11.0 Å². The number of rotatable bonds is 8. The second kappa shape index (κ2) is 8.33. The van der Waals surface area contributed by atoms with Crippen LogP contribution in [0, 0.1) is 0 Å². The number of nitrogens with zero attached hydrogens (tertiary/aromatic N) is 3. The molecule has 2 heterocycles. The minimum Gasteiger partial charge on any atom is -0.364 e. The van der Waals surface area contributed by atoms with Crippen LogP contribution in [0.4, 0.5) is 11.8 Å². The zero-order valence-corrected chi connectivity index (χ0v) is 15.8. The Morgan fingerprint density at radius 2 is 1.88 bits per heavy atom. The predicted molar refractivity (Wildman–Crippen MR) is 107 cm³/mol. The van der Waals surface area contributed by atoms with Gasteiger partial charge in [0.2, 0.25) is 5.95 Å². The third kappa shape index (κ3) is 4.23. The Kier molecular flexibility index (Phi) is 5.90. The number of benzene rings is 1. The fraction of sp³-hybridized carbons (Fsp3) is 0.389. The average molecular weight is 374 g/mol. The van der Waals surface area contributed by atoms with Crippen LogP contribution < -0.4 is 16.4 Å². The molecule has 0 aliphatic carbocycles. The molecule has 0 atom stereocenters. The largest absolute Gasteiger partial charge is 0.364 e. The van der Waals surface area contributed by atoms with Crippen molar-refractivity contribution in [2.75, 3.05) is 23.7 Å². The van der Waals surface area contributed by atoms with E-state index in [9.17, 15) is 0 Å². The number of halogens is 1. The van der Waals surface area contributed by atoms with E-state index in [0.717, 1.165) is 40.3 Å². The first-order valence-corrected chi connectivity index (χ1v) is 9.14. The third-order valence-electron chi connectivity index (χ3n) is 4.04. The topological polar surface area (TPSA) is 105 Å². The summed E-state index contributed by atoms with van der Waals surface area (Å²) in [7, 11) is 0. The number of hydrogen-bond acceptors (Lipinski definition) is 6. The summed E-state index contributed by atoms with van der Waals surface area (Å²) in [6.07, 6.45) is 0.858. The van der Waals surface area contributed by atoms with Gasteiger partial charge >= 0.3 is 0 Å². The van der Waals surface area contributed by atoms with Gasteiger partial charge in [-0.3, -0.25) is 5.10 Å². The van der Waals surface area contributed by atoms with Gasteiger partial charge in [0.1, 0.15) is 5.52 Å². The minimum atomic E-state index is 0.288. The molecule has 3 rings (SSSR count). The highest BCUT2D eigenvalue weighted by molar-refractivity contribution is 6.30. The average Bonchev–Trinajstić information content (AvgIpc) is 3.05. The first-order valence-electron chi connectivity index (χ1n) is 8.76. The lowest BCUT2D eigenvalue weighted by Crippen LogP contribution is -2.12. The van der Waals surface area contributed by atoms with Gasteiger partial charge < -0.3 is 16.4 Å². The van der Waals surface area contributed by atoms with Crippen molar-refractivity contribution in [1.29, 1.82) is 0 Å². The fourth-order valence-electron chi connectivity index (χ4n) is 2.61. The summed E-state index contributed by atoms with van der Waals surface area (Å²) in [4.78, 5) is 9.24. The van der Waals surface area contributed by atoms with E-state index in [-0.39, 0.29) is 5.92 Å². The van der Waals surface area contributed by atoms with Gasteiger partial charge in [0.05, 0.1) is 5.69 Å². The molecule has 5 N–H and O–H groups in total. The number of nitrogens with two attached hydrogens (primary N) is 1. The Labute approximate surface area is 157 Å². The van der Waals surface area contributed by atoms with Crippen LogP contribution in [0.2, 0.25) is 5.02 Å². The van der Waals surface area contributed by atoms with Gasteiger partial charge in [-0.05, 0) is 36.6 Å². The molecule has 0 aliphatic heterocycles. The lowest BCUT2D eigenvalue weighted by atomic mass is 10.1.